The van der Waals surface area contributed by atoms with Gasteiger partial charge in [-0.05, 0) is 13.3 Å². The van der Waals surface area contributed by atoms with Crippen molar-refractivity contribution in [1.29, 1.82) is 0 Å². The second-order valence-corrected chi connectivity index (χ2v) is 3.87. The highest BCUT2D eigenvalue weighted by atomic mass is 28.2. The van der Waals surface area contributed by atoms with E-state index in [1.807, 2.05) is 13.0 Å². The summed E-state index contributed by atoms with van der Waals surface area (Å²) in [6, 6.07) is 0. The van der Waals surface area contributed by atoms with Gasteiger partial charge in [0.1, 0.15) is 0 Å². The Morgan fingerprint density at radius 1 is 1.50 bits per heavy atom. The molecule has 0 N–H and O–H groups in total. The smallest absolute Gasteiger partial charge is 0.0966 e. The Hall–Kier alpha value is -0.373. The summed E-state index contributed by atoms with van der Waals surface area (Å²) in [5, 5.41) is 0. The minimum atomic E-state index is 0.367. The summed E-state index contributed by atoms with van der Waals surface area (Å²) in [7, 11) is 0.367. The molecular formula is C8H16OSi. The lowest BCUT2D eigenvalue weighted by Crippen LogP contribution is -2.12. The summed E-state index contributed by atoms with van der Waals surface area (Å²) >= 11 is 0. The third-order valence-electron chi connectivity index (χ3n) is 1.20. The Morgan fingerprint density at radius 3 is 2.60 bits per heavy atom. The molecule has 0 aromatic carbocycles. The van der Waals surface area contributed by atoms with Crippen LogP contribution >= 0.6 is 0 Å². The van der Waals surface area contributed by atoms with Crippen molar-refractivity contribution in [2.24, 2.45) is 0 Å². The molecule has 0 aliphatic rings. The third kappa shape index (κ3) is 4.50. The van der Waals surface area contributed by atoms with Crippen LogP contribution < -0.4 is 0 Å². The molecule has 0 saturated heterocycles. The van der Waals surface area contributed by atoms with Gasteiger partial charge in [0, 0.05) is 9.13 Å². The highest BCUT2D eigenvalue weighted by Crippen LogP contribution is 1.93. The molecule has 0 bridgehead atoms. The highest BCUT2D eigenvalue weighted by Gasteiger charge is 1.96. The molecule has 1 nitrogen and oxygen atoms in total. The number of hydrogen-bond donors (Lipinski definition) is 0. The first kappa shape index (κ1) is 9.63. The fourth-order valence-electron chi connectivity index (χ4n) is 0.672. The average molecular weight is 156 g/mol. The van der Waals surface area contributed by atoms with Crippen molar-refractivity contribution in [3.8, 4) is 0 Å². The maximum atomic E-state index is 5.41. The van der Waals surface area contributed by atoms with Gasteiger partial charge in [0.15, 0.2) is 0 Å². The lowest BCUT2D eigenvalue weighted by Gasteiger charge is -2.08. The van der Waals surface area contributed by atoms with Crippen LogP contribution in [0.3, 0.4) is 0 Å². The zero-order chi connectivity index (χ0) is 7.82. The second-order valence-electron chi connectivity index (χ2n) is 2.08. The molecule has 1 atom stereocenters. The summed E-state index contributed by atoms with van der Waals surface area (Å²) in [5.41, 5.74) is 2.68. The normalized spacial score (nSPS) is 14.7. The fraction of sp³-hybridized carbons (Fsp3) is 0.625. The van der Waals surface area contributed by atoms with E-state index in [2.05, 4.69) is 19.5 Å². The summed E-state index contributed by atoms with van der Waals surface area (Å²) in [6.45, 7) is 6.22. The van der Waals surface area contributed by atoms with Crippen LogP contribution in [0, 0.1) is 0 Å². The van der Waals surface area contributed by atoms with Crippen LogP contribution in [-0.2, 0) is 4.74 Å². The van der Waals surface area contributed by atoms with Gasteiger partial charge < -0.3 is 4.74 Å². The summed E-state index contributed by atoms with van der Waals surface area (Å²) in [6.07, 6.45) is 4.83. The first-order valence-electron chi connectivity index (χ1n) is 3.74. The fourth-order valence-corrected chi connectivity index (χ4v) is 1.55. The van der Waals surface area contributed by atoms with Gasteiger partial charge in [0.25, 0.3) is 0 Å². The van der Waals surface area contributed by atoms with Crippen LogP contribution in [0.2, 0.25) is 0 Å². The first-order chi connectivity index (χ1) is 4.85. The second kappa shape index (κ2) is 6.74. The summed E-state index contributed by atoms with van der Waals surface area (Å²) < 4.78 is 5.41. The van der Waals surface area contributed by atoms with E-state index in [-0.39, 0.29) is 0 Å². The molecule has 0 aromatic heterocycles. The Labute approximate surface area is 65.5 Å². The van der Waals surface area contributed by atoms with Gasteiger partial charge in [-0.25, -0.2) is 0 Å². The maximum absolute atomic E-state index is 5.41. The molecule has 0 aliphatic heterocycles. The average Bonchev–Trinajstić information content (AvgIpc) is 1.98. The van der Waals surface area contributed by atoms with E-state index in [9.17, 15) is 0 Å². The summed E-state index contributed by atoms with van der Waals surface area (Å²) in [4.78, 5) is 0. The lowest BCUT2D eigenvalue weighted by molar-refractivity contribution is 0.210. The van der Waals surface area contributed by atoms with Crippen LogP contribution in [0.4, 0.5) is 0 Å². The van der Waals surface area contributed by atoms with E-state index < -0.39 is 0 Å². The first-order valence-corrected chi connectivity index (χ1v) is 5.07. The molecule has 1 unspecified atom stereocenters. The van der Waals surface area contributed by atoms with Crippen molar-refractivity contribution >= 4 is 14.8 Å². The summed E-state index contributed by atoms with van der Waals surface area (Å²) in [5.74, 6) is 0. The molecule has 0 heterocycles. The van der Waals surface area contributed by atoms with E-state index in [0.717, 1.165) is 6.42 Å². The highest BCUT2D eigenvalue weighted by molar-refractivity contribution is 6.47. The van der Waals surface area contributed by atoms with Gasteiger partial charge in [0.05, 0.1) is 12.0 Å². The van der Waals surface area contributed by atoms with Crippen LogP contribution in [0.25, 0.3) is 0 Å². The molecule has 0 spiro atoms. The minimum absolute atomic E-state index is 0.367. The Balaban J connectivity index is 3.60. The Kier molecular flexibility index (Phi) is 6.49. The van der Waals surface area contributed by atoms with E-state index in [4.69, 9.17) is 4.74 Å². The predicted molar refractivity (Wildman–Crippen MR) is 48.9 cm³/mol. The third-order valence-corrected chi connectivity index (χ3v) is 2.64. The lowest BCUT2D eigenvalue weighted by atomic mass is 10.5. The molecule has 10 heavy (non-hydrogen) atoms. The zero-order valence-corrected chi connectivity index (χ0v) is 8.16. The zero-order valence-electron chi connectivity index (χ0n) is 7.00. The van der Waals surface area contributed by atoms with Gasteiger partial charge in [-0.15, -0.1) is 5.67 Å². The predicted octanol–water partition coefficient (Wildman–Crippen LogP) is 1.53. The molecule has 0 radical (unpaired) electrons. The van der Waals surface area contributed by atoms with Crippen molar-refractivity contribution < 1.29 is 4.74 Å². The maximum Gasteiger partial charge on any atom is 0.0966 e. The van der Waals surface area contributed by atoms with Gasteiger partial charge in [0.2, 0.25) is 0 Å². The van der Waals surface area contributed by atoms with Gasteiger partial charge >= 0.3 is 0 Å². The Morgan fingerprint density at radius 2 is 2.20 bits per heavy atom. The van der Waals surface area contributed by atoms with Crippen molar-refractivity contribution in [1.82, 2.24) is 0 Å². The van der Waals surface area contributed by atoms with E-state index in [1.54, 1.807) is 6.26 Å². The van der Waals surface area contributed by atoms with E-state index in [1.165, 1.54) is 0 Å². The molecule has 0 aromatic rings. The molecule has 0 rings (SSSR count). The number of hydrogen-bond acceptors (Lipinski definition) is 1. The quantitative estimate of drug-likeness (QED) is 0.443. The van der Waals surface area contributed by atoms with E-state index in [0.29, 0.717) is 14.9 Å². The van der Waals surface area contributed by atoms with Crippen LogP contribution in [-0.4, -0.2) is 20.5 Å². The molecule has 0 amide bonds. The largest absolute Gasteiger partial charge is 0.499 e. The van der Waals surface area contributed by atoms with Gasteiger partial charge in [-0.1, -0.05) is 19.9 Å². The number of ether oxygens (including phenoxy) is 1. The molecule has 0 saturated carbocycles. The topological polar surface area (TPSA) is 9.23 Å². The monoisotopic (exact) mass is 156 g/mol. The molecule has 0 aliphatic carbocycles. The minimum Gasteiger partial charge on any atom is -0.499 e. The SMILES string of the molecule is CC=COC(CC)[SiH]=CC. The number of allylic oxidation sites excluding steroid dienone is 1. The molecule has 0 fully saturated rings. The molecular weight excluding hydrogens is 140 g/mol. The van der Waals surface area contributed by atoms with Crippen LogP contribution in [0.1, 0.15) is 27.2 Å². The van der Waals surface area contributed by atoms with Crippen LogP contribution in [0.5, 0.6) is 0 Å². The standard InChI is InChI=1S/C8H16OSi/c1-4-7-9-8(5-2)10-6-3/h4,6-8,10H,5H2,1-3H3. The molecule has 58 valence electrons. The van der Waals surface area contributed by atoms with Gasteiger partial charge in [-0.2, -0.15) is 0 Å². The van der Waals surface area contributed by atoms with Crippen molar-refractivity contribution in [3.05, 3.63) is 12.3 Å². The Bertz CT molecular complexity index is 118. The number of rotatable bonds is 4. The van der Waals surface area contributed by atoms with Crippen LogP contribution in [0.15, 0.2) is 12.3 Å². The molecule has 2 heteroatoms. The van der Waals surface area contributed by atoms with Crippen molar-refractivity contribution in [2.75, 3.05) is 0 Å². The van der Waals surface area contributed by atoms with Crippen molar-refractivity contribution in [3.63, 3.8) is 0 Å². The van der Waals surface area contributed by atoms with Gasteiger partial charge in [-0.3, -0.25) is 0 Å². The van der Waals surface area contributed by atoms with E-state index >= 15 is 0 Å². The van der Waals surface area contributed by atoms with Crippen molar-refractivity contribution in [2.45, 2.75) is 32.9 Å².